The van der Waals surface area contributed by atoms with Crippen molar-refractivity contribution in [1.29, 1.82) is 0 Å². The smallest absolute Gasteiger partial charge is 0.267 e. The van der Waals surface area contributed by atoms with E-state index in [0.717, 1.165) is 22.4 Å². The van der Waals surface area contributed by atoms with E-state index in [2.05, 4.69) is 17.3 Å². The zero-order chi connectivity index (χ0) is 15.4. The number of rotatable bonds is 5. The van der Waals surface area contributed by atoms with E-state index in [9.17, 15) is 4.79 Å². The molecule has 0 amide bonds. The number of nitrogens with one attached hydrogen (secondary N) is 1. The molecule has 0 bridgehead atoms. The maximum atomic E-state index is 12.0. The number of ether oxygens (including phenoxy) is 1. The van der Waals surface area contributed by atoms with Crippen LogP contribution in [0.2, 0.25) is 0 Å². The highest BCUT2D eigenvalue weighted by Gasteiger charge is 2.10. The van der Waals surface area contributed by atoms with Crippen molar-refractivity contribution in [2.45, 2.75) is 26.4 Å². The van der Waals surface area contributed by atoms with E-state index in [4.69, 9.17) is 4.74 Å². The summed E-state index contributed by atoms with van der Waals surface area (Å²) < 4.78 is 6.83. The van der Waals surface area contributed by atoms with Gasteiger partial charge in [0.05, 0.1) is 19.9 Å². The van der Waals surface area contributed by atoms with Crippen LogP contribution in [0.1, 0.15) is 29.7 Å². The van der Waals surface area contributed by atoms with E-state index in [-0.39, 0.29) is 11.6 Å². The molecule has 5 nitrogen and oxygen atoms in total. The lowest BCUT2D eigenvalue weighted by molar-refractivity contribution is 0.406. The molecule has 0 radical (unpaired) electrons. The first-order valence-electron chi connectivity index (χ1n) is 6.93. The number of nitrogens with zero attached hydrogens (tertiary/aromatic N) is 2. The van der Waals surface area contributed by atoms with E-state index in [1.165, 1.54) is 4.68 Å². The number of hydrogen-bond donors (Lipinski definition) is 1. The summed E-state index contributed by atoms with van der Waals surface area (Å²) in [4.78, 5) is 12.0. The number of aromatic nitrogens is 2. The fraction of sp³-hybridized carbons (Fsp3) is 0.375. The summed E-state index contributed by atoms with van der Waals surface area (Å²) in [5, 5.41) is 7.38. The van der Waals surface area contributed by atoms with Crippen molar-refractivity contribution in [3.8, 4) is 5.75 Å². The molecule has 0 aliphatic rings. The van der Waals surface area contributed by atoms with Crippen LogP contribution in [0.5, 0.6) is 5.75 Å². The predicted octanol–water partition coefficient (Wildman–Crippen LogP) is 1.89. The number of methoxy groups -OCH3 is 1. The van der Waals surface area contributed by atoms with Gasteiger partial charge in [-0.05, 0) is 44.2 Å². The topological polar surface area (TPSA) is 56.1 Å². The van der Waals surface area contributed by atoms with Crippen LogP contribution in [0.4, 0.5) is 0 Å². The van der Waals surface area contributed by atoms with Gasteiger partial charge in [0.25, 0.3) is 5.56 Å². The highest BCUT2D eigenvalue weighted by Crippen LogP contribution is 2.23. The first-order valence-corrected chi connectivity index (χ1v) is 6.93. The third kappa shape index (κ3) is 3.49. The Kier molecular flexibility index (Phi) is 4.75. The van der Waals surface area contributed by atoms with Gasteiger partial charge >= 0.3 is 0 Å². The molecule has 1 aromatic heterocycles. The minimum absolute atomic E-state index is 0.107. The van der Waals surface area contributed by atoms with Gasteiger partial charge in [0.15, 0.2) is 0 Å². The molecule has 1 unspecified atom stereocenters. The van der Waals surface area contributed by atoms with Crippen LogP contribution in [0.15, 0.2) is 35.3 Å². The highest BCUT2D eigenvalue weighted by molar-refractivity contribution is 5.38. The Bertz CT molecular complexity index is 679. The Morgan fingerprint density at radius 3 is 2.76 bits per heavy atom. The number of aryl methyl sites for hydroxylation is 1. The highest BCUT2D eigenvalue weighted by atomic mass is 16.5. The van der Waals surface area contributed by atoms with Gasteiger partial charge in [-0.2, -0.15) is 5.10 Å². The fourth-order valence-corrected chi connectivity index (χ4v) is 2.16. The van der Waals surface area contributed by atoms with Crippen molar-refractivity contribution < 1.29 is 4.74 Å². The van der Waals surface area contributed by atoms with Gasteiger partial charge in [0.2, 0.25) is 0 Å². The predicted molar refractivity (Wildman–Crippen MR) is 82.8 cm³/mol. The van der Waals surface area contributed by atoms with Gasteiger partial charge in [0, 0.05) is 17.7 Å². The van der Waals surface area contributed by atoms with E-state index in [0.29, 0.717) is 6.54 Å². The van der Waals surface area contributed by atoms with Crippen LogP contribution in [-0.4, -0.2) is 23.9 Å². The summed E-state index contributed by atoms with van der Waals surface area (Å²) in [6.07, 6.45) is 1.69. The molecule has 2 rings (SSSR count). The monoisotopic (exact) mass is 287 g/mol. The summed E-state index contributed by atoms with van der Waals surface area (Å²) in [6.45, 7) is 4.34. The van der Waals surface area contributed by atoms with Crippen molar-refractivity contribution in [2.75, 3.05) is 14.2 Å². The van der Waals surface area contributed by atoms with Gasteiger partial charge in [0.1, 0.15) is 5.75 Å². The lowest BCUT2D eigenvalue weighted by atomic mass is 10.0. The lowest BCUT2D eigenvalue weighted by Crippen LogP contribution is -2.23. The molecule has 0 aliphatic heterocycles. The van der Waals surface area contributed by atoms with E-state index < -0.39 is 0 Å². The van der Waals surface area contributed by atoms with E-state index in [1.54, 1.807) is 19.4 Å². The van der Waals surface area contributed by atoms with Gasteiger partial charge in [-0.15, -0.1) is 0 Å². The third-order valence-corrected chi connectivity index (χ3v) is 3.56. The maximum Gasteiger partial charge on any atom is 0.267 e. The van der Waals surface area contributed by atoms with Gasteiger partial charge < -0.3 is 10.1 Å². The zero-order valence-electron chi connectivity index (χ0n) is 12.9. The van der Waals surface area contributed by atoms with Crippen LogP contribution in [0.25, 0.3) is 0 Å². The second-order valence-electron chi connectivity index (χ2n) is 5.11. The molecule has 0 aliphatic carbocycles. The molecule has 1 heterocycles. The molecule has 0 fully saturated rings. The van der Waals surface area contributed by atoms with Crippen molar-refractivity contribution >= 4 is 0 Å². The average Bonchev–Trinajstić information content (AvgIpc) is 2.49. The summed E-state index contributed by atoms with van der Waals surface area (Å²) in [5.74, 6) is 0.760. The van der Waals surface area contributed by atoms with Crippen LogP contribution >= 0.6 is 0 Å². The van der Waals surface area contributed by atoms with Gasteiger partial charge in [-0.1, -0.05) is 6.07 Å². The molecule has 2 aromatic rings. The van der Waals surface area contributed by atoms with Crippen LogP contribution in [0.3, 0.4) is 0 Å². The summed E-state index contributed by atoms with van der Waals surface area (Å²) in [5.41, 5.74) is 2.84. The molecular formula is C16H21N3O2. The first-order chi connectivity index (χ1) is 10.0. The standard InChI is InChI=1S/C16H21N3O2/c1-11-7-16(20)19(18-9-11)10-14-8-13(12(2)17-3)5-6-15(14)21-4/h5-9,12,17H,10H2,1-4H3. The first kappa shape index (κ1) is 15.3. The molecule has 0 saturated carbocycles. The molecule has 0 spiro atoms. The molecule has 112 valence electrons. The summed E-state index contributed by atoms with van der Waals surface area (Å²) in [7, 11) is 3.55. The molecule has 0 saturated heterocycles. The Labute approximate surface area is 124 Å². The van der Waals surface area contributed by atoms with Gasteiger partial charge in [-0.25, -0.2) is 4.68 Å². The van der Waals surface area contributed by atoms with Crippen molar-refractivity contribution in [2.24, 2.45) is 0 Å². The minimum atomic E-state index is -0.107. The normalized spacial score (nSPS) is 12.2. The second kappa shape index (κ2) is 6.54. The molecule has 1 N–H and O–H groups in total. The molecular weight excluding hydrogens is 266 g/mol. The maximum absolute atomic E-state index is 12.0. The lowest BCUT2D eigenvalue weighted by Gasteiger charge is -2.15. The van der Waals surface area contributed by atoms with E-state index >= 15 is 0 Å². The number of benzene rings is 1. The molecule has 21 heavy (non-hydrogen) atoms. The quantitative estimate of drug-likeness (QED) is 0.912. The zero-order valence-corrected chi connectivity index (χ0v) is 12.9. The fourth-order valence-electron chi connectivity index (χ4n) is 2.16. The largest absolute Gasteiger partial charge is 0.496 e. The summed E-state index contributed by atoms with van der Waals surface area (Å²) >= 11 is 0. The Balaban J connectivity index is 2.39. The van der Waals surface area contributed by atoms with Crippen molar-refractivity contribution in [1.82, 2.24) is 15.1 Å². The van der Waals surface area contributed by atoms with Crippen molar-refractivity contribution in [3.05, 3.63) is 57.5 Å². The Hall–Kier alpha value is -2.14. The third-order valence-electron chi connectivity index (χ3n) is 3.56. The molecule has 1 aromatic carbocycles. The molecule has 1 atom stereocenters. The van der Waals surface area contributed by atoms with E-state index in [1.807, 2.05) is 32.2 Å². The number of hydrogen-bond acceptors (Lipinski definition) is 4. The average molecular weight is 287 g/mol. The van der Waals surface area contributed by atoms with Crippen LogP contribution in [-0.2, 0) is 6.54 Å². The Morgan fingerprint density at radius 2 is 2.14 bits per heavy atom. The second-order valence-corrected chi connectivity index (χ2v) is 5.11. The van der Waals surface area contributed by atoms with Crippen LogP contribution < -0.4 is 15.6 Å². The Morgan fingerprint density at radius 1 is 1.38 bits per heavy atom. The van der Waals surface area contributed by atoms with Gasteiger partial charge in [-0.3, -0.25) is 4.79 Å². The minimum Gasteiger partial charge on any atom is -0.496 e. The summed E-state index contributed by atoms with van der Waals surface area (Å²) in [6, 6.07) is 7.82. The SMILES string of the molecule is CNC(C)c1ccc(OC)c(Cn2ncc(C)cc2=O)c1. The molecule has 5 heteroatoms. The van der Waals surface area contributed by atoms with Crippen LogP contribution in [0, 0.1) is 6.92 Å². The van der Waals surface area contributed by atoms with Crippen molar-refractivity contribution in [3.63, 3.8) is 0 Å².